The van der Waals surface area contributed by atoms with Crippen LogP contribution in [0.4, 0.5) is 0 Å². The predicted octanol–water partition coefficient (Wildman–Crippen LogP) is 2.21. The first-order valence-corrected chi connectivity index (χ1v) is 11.5. The van der Waals surface area contributed by atoms with E-state index in [1.165, 1.54) is 42.0 Å². The molecule has 150 valence electrons. The summed E-state index contributed by atoms with van der Waals surface area (Å²) in [6, 6.07) is 7.41. The van der Waals surface area contributed by atoms with Crippen molar-refractivity contribution >= 4 is 15.9 Å². The van der Waals surface area contributed by atoms with Crippen LogP contribution in [0, 0.1) is 5.92 Å². The zero-order chi connectivity index (χ0) is 19.3. The number of nitrogens with zero attached hydrogens (tertiary/aromatic N) is 1. The largest absolute Gasteiger partial charge is 0.355 e. The maximum Gasteiger partial charge on any atom is 0.243 e. The van der Waals surface area contributed by atoms with Gasteiger partial charge in [0, 0.05) is 26.2 Å². The van der Waals surface area contributed by atoms with Crippen LogP contribution in [0.15, 0.2) is 29.2 Å². The second kappa shape index (κ2) is 9.17. The molecule has 1 amide bonds. The number of amides is 1. The van der Waals surface area contributed by atoms with Crippen LogP contribution in [0.2, 0.25) is 0 Å². The van der Waals surface area contributed by atoms with Crippen molar-refractivity contribution in [3.8, 4) is 0 Å². The molecule has 6 nitrogen and oxygen atoms in total. The van der Waals surface area contributed by atoms with Gasteiger partial charge in [-0.25, -0.2) is 8.42 Å². The van der Waals surface area contributed by atoms with Gasteiger partial charge in [-0.15, -0.1) is 0 Å². The molecule has 3 rings (SSSR count). The number of hydrogen-bond acceptors (Lipinski definition) is 4. The van der Waals surface area contributed by atoms with E-state index in [1.54, 1.807) is 12.1 Å². The van der Waals surface area contributed by atoms with Gasteiger partial charge in [-0.2, -0.15) is 4.31 Å². The summed E-state index contributed by atoms with van der Waals surface area (Å²) in [5.41, 5.74) is 6.67. The molecule has 1 heterocycles. The van der Waals surface area contributed by atoms with Crippen molar-refractivity contribution in [1.82, 2.24) is 9.62 Å². The fraction of sp³-hybridized carbons (Fsp3) is 0.650. The number of piperidine rings is 1. The average molecular weight is 394 g/mol. The van der Waals surface area contributed by atoms with Crippen LogP contribution in [0.3, 0.4) is 0 Å². The van der Waals surface area contributed by atoms with Crippen LogP contribution in [0.5, 0.6) is 0 Å². The van der Waals surface area contributed by atoms with E-state index in [4.69, 9.17) is 5.73 Å². The molecule has 3 N–H and O–H groups in total. The van der Waals surface area contributed by atoms with E-state index >= 15 is 0 Å². The van der Waals surface area contributed by atoms with E-state index in [0.29, 0.717) is 43.3 Å². The van der Waals surface area contributed by atoms with Crippen LogP contribution in [-0.2, 0) is 14.8 Å². The van der Waals surface area contributed by atoms with Gasteiger partial charge in [0.2, 0.25) is 15.9 Å². The fourth-order valence-electron chi connectivity index (χ4n) is 4.21. The van der Waals surface area contributed by atoms with Crippen molar-refractivity contribution in [2.45, 2.75) is 55.8 Å². The van der Waals surface area contributed by atoms with Gasteiger partial charge in [-0.05, 0) is 49.3 Å². The Morgan fingerprint density at radius 1 is 1.07 bits per heavy atom. The maximum absolute atomic E-state index is 13.0. The van der Waals surface area contributed by atoms with Crippen molar-refractivity contribution in [2.75, 3.05) is 26.2 Å². The normalized spacial score (nSPS) is 22.5. The van der Waals surface area contributed by atoms with E-state index in [-0.39, 0.29) is 18.4 Å². The Balaban J connectivity index is 1.68. The van der Waals surface area contributed by atoms with Crippen LogP contribution >= 0.6 is 0 Å². The number of sulfonamides is 1. The van der Waals surface area contributed by atoms with Gasteiger partial charge in [0.25, 0.3) is 0 Å². The van der Waals surface area contributed by atoms with Crippen molar-refractivity contribution < 1.29 is 13.2 Å². The molecule has 1 aliphatic heterocycles. The minimum atomic E-state index is -3.57. The Hall–Kier alpha value is -1.44. The quantitative estimate of drug-likeness (QED) is 0.775. The van der Waals surface area contributed by atoms with Gasteiger partial charge in [0.05, 0.1) is 10.8 Å². The first kappa shape index (κ1) is 20.3. The summed E-state index contributed by atoms with van der Waals surface area (Å²) in [6.45, 7) is 1.51. The third-order valence-electron chi connectivity index (χ3n) is 5.79. The first-order valence-electron chi connectivity index (χ1n) is 10.1. The lowest BCUT2D eigenvalue weighted by molar-refractivity contribution is -0.126. The Kier molecular flexibility index (Phi) is 6.89. The summed E-state index contributed by atoms with van der Waals surface area (Å²) in [6.07, 6.45) is 7.61. The molecule has 1 unspecified atom stereocenters. The fourth-order valence-corrected chi connectivity index (χ4v) is 5.74. The molecule has 1 aliphatic carbocycles. The number of carbonyl (C=O) groups is 1. The van der Waals surface area contributed by atoms with Gasteiger partial charge in [-0.1, -0.05) is 31.4 Å². The van der Waals surface area contributed by atoms with Crippen molar-refractivity contribution in [1.29, 1.82) is 0 Å². The lowest BCUT2D eigenvalue weighted by atomic mass is 9.84. The van der Waals surface area contributed by atoms with E-state index in [1.807, 2.05) is 12.1 Å². The molecular formula is C20H31N3O3S. The Labute approximate surface area is 162 Å². The maximum atomic E-state index is 13.0. The number of benzene rings is 1. The molecule has 27 heavy (non-hydrogen) atoms. The standard InChI is InChI=1S/C20H31N3O3S/c21-12-13-22-20(24)18-7-4-14-23(15-18)27(25,26)19-10-8-17(9-11-19)16-5-2-1-3-6-16/h8-11,16,18H,1-7,12-15,21H2,(H,22,24). The second-order valence-corrected chi connectivity index (χ2v) is 9.62. The molecule has 0 bridgehead atoms. The number of rotatable bonds is 6. The number of carbonyl (C=O) groups excluding carboxylic acids is 1. The topological polar surface area (TPSA) is 92.5 Å². The van der Waals surface area contributed by atoms with Crippen LogP contribution in [0.25, 0.3) is 0 Å². The first-order chi connectivity index (χ1) is 13.0. The van der Waals surface area contributed by atoms with E-state index in [9.17, 15) is 13.2 Å². The summed E-state index contributed by atoms with van der Waals surface area (Å²) in [5.74, 6) is 0.149. The summed E-state index contributed by atoms with van der Waals surface area (Å²) in [5, 5.41) is 2.77. The van der Waals surface area contributed by atoms with Gasteiger partial charge in [-0.3, -0.25) is 4.79 Å². The molecule has 1 saturated carbocycles. The predicted molar refractivity (Wildman–Crippen MR) is 106 cm³/mol. The summed E-state index contributed by atoms with van der Waals surface area (Å²) < 4.78 is 27.5. The van der Waals surface area contributed by atoms with E-state index < -0.39 is 10.0 Å². The average Bonchev–Trinajstić information content (AvgIpc) is 2.73. The highest BCUT2D eigenvalue weighted by Gasteiger charge is 2.33. The smallest absolute Gasteiger partial charge is 0.243 e. The molecule has 1 saturated heterocycles. The Bertz CT molecular complexity index is 727. The van der Waals surface area contributed by atoms with Gasteiger partial charge < -0.3 is 11.1 Å². The third kappa shape index (κ3) is 4.89. The molecular weight excluding hydrogens is 362 g/mol. The molecule has 2 aliphatic rings. The van der Waals surface area contributed by atoms with Crippen molar-refractivity contribution in [3.63, 3.8) is 0 Å². The van der Waals surface area contributed by atoms with Crippen LogP contribution < -0.4 is 11.1 Å². The minimum Gasteiger partial charge on any atom is -0.355 e. The van der Waals surface area contributed by atoms with Crippen LogP contribution in [-0.4, -0.2) is 44.8 Å². The molecule has 0 spiro atoms. The van der Waals surface area contributed by atoms with E-state index in [0.717, 1.165) is 0 Å². The monoisotopic (exact) mass is 393 g/mol. The molecule has 0 aromatic heterocycles. The summed E-state index contributed by atoms with van der Waals surface area (Å²) in [4.78, 5) is 12.5. The highest BCUT2D eigenvalue weighted by atomic mass is 32.2. The number of hydrogen-bond donors (Lipinski definition) is 2. The number of nitrogens with one attached hydrogen (secondary N) is 1. The van der Waals surface area contributed by atoms with Gasteiger partial charge >= 0.3 is 0 Å². The molecule has 2 fully saturated rings. The molecule has 1 aromatic rings. The second-order valence-electron chi connectivity index (χ2n) is 7.69. The lowest BCUT2D eigenvalue weighted by Gasteiger charge is -2.31. The summed E-state index contributed by atoms with van der Waals surface area (Å²) in [7, 11) is -3.57. The third-order valence-corrected chi connectivity index (χ3v) is 7.67. The number of nitrogens with two attached hydrogens (primary N) is 1. The zero-order valence-electron chi connectivity index (χ0n) is 15.9. The highest BCUT2D eigenvalue weighted by Crippen LogP contribution is 2.33. The van der Waals surface area contributed by atoms with Gasteiger partial charge in [0.15, 0.2) is 0 Å². The minimum absolute atomic E-state index is 0.104. The Morgan fingerprint density at radius 2 is 1.78 bits per heavy atom. The molecule has 1 atom stereocenters. The summed E-state index contributed by atoms with van der Waals surface area (Å²) >= 11 is 0. The Morgan fingerprint density at radius 3 is 2.44 bits per heavy atom. The van der Waals surface area contributed by atoms with E-state index in [2.05, 4.69) is 5.32 Å². The molecule has 1 aromatic carbocycles. The van der Waals surface area contributed by atoms with Gasteiger partial charge in [0.1, 0.15) is 0 Å². The molecule has 7 heteroatoms. The molecule has 0 radical (unpaired) electrons. The van der Waals surface area contributed by atoms with Crippen molar-refractivity contribution in [3.05, 3.63) is 29.8 Å². The lowest BCUT2D eigenvalue weighted by Crippen LogP contribution is -2.46. The SMILES string of the molecule is NCCNC(=O)C1CCCN(S(=O)(=O)c2ccc(C3CCCCC3)cc2)C1. The van der Waals surface area contributed by atoms with Crippen molar-refractivity contribution in [2.24, 2.45) is 11.7 Å². The van der Waals surface area contributed by atoms with Crippen LogP contribution in [0.1, 0.15) is 56.4 Å². The zero-order valence-corrected chi connectivity index (χ0v) is 16.7. The highest BCUT2D eigenvalue weighted by molar-refractivity contribution is 7.89.